The van der Waals surface area contributed by atoms with Crippen molar-refractivity contribution < 1.29 is 22.7 Å². The molecule has 196 valence electrons. The molecule has 0 spiro atoms. The Labute approximate surface area is 217 Å². The number of esters is 1. The van der Waals surface area contributed by atoms with E-state index in [9.17, 15) is 18.0 Å². The summed E-state index contributed by atoms with van der Waals surface area (Å²) in [4.78, 5) is 29.5. The summed E-state index contributed by atoms with van der Waals surface area (Å²) in [5, 5.41) is 3.38. The number of amides is 1. The van der Waals surface area contributed by atoms with Gasteiger partial charge in [0, 0.05) is 42.2 Å². The summed E-state index contributed by atoms with van der Waals surface area (Å²) in [6, 6.07) is 6.36. The number of fused-ring (bicyclic) bond motifs is 1. The molecule has 2 aliphatic heterocycles. The number of anilines is 1. The highest BCUT2D eigenvalue weighted by Gasteiger charge is 2.32. The van der Waals surface area contributed by atoms with Crippen LogP contribution in [0.5, 0.6) is 0 Å². The first-order valence-electron chi connectivity index (χ1n) is 12.6. The number of nitrogens with one attached hydrogen (secondary N) is 1. The molecule has 0 radical (unpaired) electrons. The number of hydrogen-bond donors (Lipinski definition) is 1. The Bertz CT molecular complexity index is 1220. The van der Waals surface area contributed by atoms with Crippen LogP contribution in [0.25, 0.3) is 0 Å². The lowest BCUT2D eigenvalue weighted by Crippen LogP contribution is -2.41. The number of hydrogen-bond acceptors (Lipinski definition) is 7. The Morgan fingerprint density at radius 3 is 2.53 bits per heavy atom. The van der Waals surface area contributed by atoms with E-state index in [0.717, 1.165) is 49.2 Å². The zero-order valence-electron chi connectivity index (χ0n) is 21.4. The van der Waals surface area contributed by atoms with Gasteiger partial charge in [-0.15, -0.1) is 11.3 Å². The van der Waals surface area contributed by atoms with Crippen molar-refractivity contribution in [3.63, 3.8) is 0 Å². The Morgan fingerprint density at radius 1 is 1.17 bits per heavy atom. The minimum absolute atomic E-state index is 0.0375. The highest BCUT2D eigenvalue weighted by atomic mass is 32.2. The van der Waals surface area contributed by atoms with Crippen molar-refractivity contribution >= 4 is 38.2 Å². The molecule has 0 unspecified atom stereocenters. The van der Waals surface area contributed by atoms with Crippen LogP contribution >= 0.6 is 11.3 Å². The Hall–Kier alpha value is -2.27. The fraction of sp³-hybridized carbons (Fsp3) is 0.538. The monoisotopic (exact) mass is 533 g/mol. The Kier molecular flexibility index (Phi) is 8.18. The van der Waals surface area contributed by atoms with Crippen LogP contribution in [0.1, 0.15) is 78.1 Å². The van der Waals surface area contributed by atoms with Crippen molar-refractivity contribution in [2.75, 3.05) is 25.0 Å². The Balaban J connectivity index is 1.56. The minimum Gasteiger partial charge on any atom is -0.462 e. The number of piperidine rings is 1. The first-order valence-corrected chi connectivity index (χ1v) is 14.9. The molecule has 4 rings (SSSR count). The van der Waals surface area contributed by atoms with E-state index in [1.807, 2.05) is 6.92 Å². The smallest absolute Gasteiger partial charge is 0.341 e. The topological polar surface area (TPSA) is 96.0 Å². The molecule has 2 aromatic rings. The quantitative estimate of drug-likeness (QED) is 0.526. The van der Waals surface area contributed by atoms with Crippen LogP contribution in [0.15, 0.2) is 29.2 Å². The number of thiophene rings is 1. The normalized spacial score (nSPS) is 19.2. The third-order valence-corrected chi connectivity index (χ3v) is 10.1. The zero-order valence-corrected chi connectivity index (χ0v) is 23.0. The van der Waals surface area contributed by atoms with Gasteiger partial charge in [0.15, 0.2) is 0 Å². The van der Waals surface area contributed by atoms with Crippen molar-refractivity contribution in [2.24, 2.45) is 0 Å². The molecule has 1 fully saturated rings. The van der Waals surface area contributed by atoms with Crippen LogP contribution in [-0.4, -0.2) is 61.3 Å². The lowest BCUT2D eigenvalue weighted by Gasteiger charge is -2.32. The molecule has 0 saturated carbocycles. The summed E-state index contributed by atoms with van der Waals surface area (Å²) in [7, 11) is -3.61. The fourth-order valence-electron chi connectivity index (χ4n) is 4.89. The minimum atomic E-state index is -3.61. The van der Waals surface area contributed by atoms with Gasteiger partial charge in [-0.3, -0.25) is 9.69 Å². The van der Waals surface area contributed by atoms with Crippen LogP contribution in [0.4, 0.5) is 5.00 Å². The van der Waals surface area contributed by atoms with Gasteiger partial charge in [0.05, 0.1) is 17.1 Å². The van der Waals surface area contributed by atoms with Gasteiger partial charge in [-0.2, -0.15) is 4.31 Å². The van der Waals surface area contributed by atoms with E-state index in [-0.39, 0.29) is 17.5 Å². The average Bonchev–Trinajstić information content (AvgIpc) is 3.21. The van der Waals surface area contributed by atoms with Crippen LogP contribution in [0.3, 0.4) is 0 Å². The molecule has 10 heteroatoms. The molecule has 3 heterocycles. The van der Waals surface area contributed by atoms with Gasteiger partial charge in [0.1, 0.15) is 5.00 Å². The summed E-state index contributed by atoms with van der Waals surface area (Å²) in [5.41, 5.74) is 1.71. The maximum absolute atomic E-state index is 13.1. The highest BCUT2D eigenvalue weighted by Crippen LogP contribution is 2.38. The third kappa shape index (κ3) is 5.37. The largest absolute Gasteiger partial charge is 0.462 e. The molecular formula is C26H35N3O5S2. The van der Waals surface area contributed by atoms with Gasteiger partial charge in [0.2, 0.25) is 10.0 Å². The molecule has 1 atom stereocenters. The maximum Gasteiger partial charge on any atom is 0.341 e. The molecule has 1 amide bonds. The standard InChI is InChI=1S/C26H35N3O5S2/c1-5-34-26(31)23-21-13-15-28(17(2)3)16-22(21)35-25(23)27-24(30)19-9-11-20(12-10-19)36(32,33)29-14-7-6-8-18(29)4/h9-12,17-18H,5-8,13-16H2,1-4H3,(H,27,30)/t18-/m0/s1. The predicted molar refractivity (Wildman–Crippen MR) is 141 cm³/mol. The molecule has 1 aromatic heterocycles. The zero-order chi connectivity index (χ0) is 26.0. The highest BCUT2D eigenvalue weighted by molar-refractivity contribution is 7.89. The second kappa shape index (κ2) is 11.0. The predicted octanol–water partition coefficient (Wildman–Crippen LogP) is 4.51. The maximum atomic E-state index is 13.1. The van der Waals surface area contributed by atoms with Gasteiger partial charge in [0.25, 0.3) is 5.91 Å². The average molecular weight is 534 g/mol. The summed E-state index contributed by atoms with van der Waals surface area (Å²) in [5.74, 6) is -0.824. The van der Waals surface area contributed by atoms with Crippen molar-refractivity contribution in [1.29, 1.82) is 0 Å². The van der Waals surface area contributed by atoms with E-state index < -0.39 is 21.9 Å². The SMILES string of the molecule is CCOC(=O)c1c(NC(=O)c2ccc(S(=O)(=O)N3CCCC[C@@H]3C)cc2)sc2c1CCN(C(C)C)C2. The van der Waals surface area contributed by atoms with E-state index >= 15 is 0 Å². The van der Waals surface area contributed by atoms with E-state index in [2.05, 4.69) is 24.1 Å². The number of ether oxygens (including phenoxy) is 1. The van der Waals surface area contributed by atoms with Crippen LogP contribution in [0, 0.1) is 0 Å². The number of nitrogens with zero attached hydrogens (tertiary/aromatic N) is 2. The van der Waals surface area contributed by atoms with Crippen LogP contribution in [0.2, 0.25) is 0 Å². The van der Waals surface area contributed by atoms with Gasteiger partial charge in [-0.25, -0.2) is 13.2 Å². The second-order valence-electron chi connectivity index (χ2n) is 9.68. The molecule has 1 aromatic carbocycles. The van der Waals surface area contributed by atoms with Crippen molar-refractivity contribution in [3.8, 4) is 0 Å². The fourth-order valence-corrected chi connectivity index (χ4v) is 7.84. The number of rotatable bonds is 7. The van der Waals surface area contributed by atoms with Gasteiger partial charge in [-0.05, 0) is 76.8 Å². The molecule has 0 aliphatic carbocycles. The lowest BCUT2D eigenvalue weighted by molar-refractivity contribution is 0.0526. The molecule has 1 saturated heterocycles. The lowest BCUT2D eigenvalue weighted by atomic mass is 10.0. The Morgan fingerprint density at radius 2 is 1.89 bits per heavy atom. The second-order valence-corrected chi connectivity index (χ2v) is 12.7. The number of carbonyl (C=O) groups excluding carboxylic acids is 2. The summed E-state index contributed by atoms with van der Waals surface area (Å²) < 4.78 is 33.1. The van der Waals surface area contributed by atoms with E-state index in [4.69, 9.17) is 4.74 Å². The van der Waals surface area contributed by atoms with Gasteiger partial charge in [-0.1, -0.05) is 6.42 Å². The molecule has 0 bridgehead atoms. The first kappa shape index (κ1) is 26.8. The van der Waals surface area contributed by atoms with E-state index in [1.165, 1.54) is 35.6 Å². The number of carbonyl (C=O) groups is 2. The molecule has 36 heavy (non-hydrogen) atoms. The first-order chi connectivity index (χ1) is 17.1. The molecular weight excluding hydrogens is 498 g/mol. The number of benzene rings is 1. The third-order valence-electron chi connectivity index (χ3n) is 6.99. The van der Waals surface area contributed by atoms with Crippen molar-refractivity contribution in [2.45, 2.75) is 76.9 Å². The van der Waals surface area contributed by atoms with Gasteiger partial charge < -0.3 is 10.1 Å². The van der Waals surface area contributed by atoms with Crippen LogP contribution in [-0.2, 0) is 27.7 Å². The molecule has 1 N–H and O–H groups in total. The summed E-state index contributed by atoms with van der Waals surface area (Å²) >= 11 is 1.41. The van der Waals surface area contributed by atoms with E-state index in [0.29, 0.717) is 28.7 Å². The summed E-state index contributed by atoms with van der Waals surface area (Å²) in [6.07, 6.45) is 3.45. The molecule has 8 nitrogen and oxygen atoms in total. The molecule has 2 aliphatic rings. The van der Waals surface area contributed by atoms with Crippen molar-refractivity contribution in [3.05, 3.63) is 45.8 Å². The van der Waals surface area contributed by atoms with Crippen molar-refractivity contribution in [1.82, 2.24) is 9.21 Å². The van der Waals surface area contributed by atoms with Gasteiger partial charge >= 0.3 is 5.97 Å². The number of sulfonamides is 1. The van der Waals surface area contributed by atoms with Crippen LogP contribution < -0.4 is 5.32 Å². The van der Waals surface area contributed by atoms with E-state index in [1.54, 1.807) is 11.2 Å². The summed E-state index contributed by atoms with van der Waals surface area (Å²) in [6.45, 7) is 10.3.